The third kappa shape index (κ3) is 5.11. The molecule has 94 valence electrons. The molecule has 0 radical (unpaired) electrons. The number of likely N-dealkylation sites (N-methyl/N-ethyl adjacent to an activating group) is 1. The highest BCUT2D eigenvalue weighted by atomic mass is 16.2. The fourth-order valence-corrected chi connectivity index (χ4v) is 1.15. The second-order valence-corrected chi connectivity index (χ2v) is 4.31. The Morgan fingerprint density at radius 1 is 1.38 bits per heavy atom. The van der Waals surface area contributed by atoms with Crippen molar-refractivity contribution in [2.24, 2.45) is 11.7 Å². The summed E-state index contributed by atoms with van der Waals surface area (Å²) in [5.74, 6) is -0.260. The summed E-state index contributed by atoms with van der Waals surface area (Å²) in [6.45, 7) is 6.45. The summed E-state index contributed by atoms with van der Waals surface area (Å²) in [6.07, 6.45) is 0.884. The van der Waals surface area contributed by atoms with Crippen LogP contribution in [-0.2, 0) is 9.59 Å². The van der Waals surface area contributed by atoms with Crippen molar-refractivity contribution in [1.82, 2.24) is 10.2 Å². The molecule has 0 fully saturated rings. The van der Waals surface area contributed by atoms with Gasteiger partial charge in [-0.1, -0.05) is 20.8 Å². The first-order valence-corrected chi connectivity index (χ1v) is 5.67. The van der Waals surface area contributed by atoms with Crippen molar-refractivity contribution in [3.8, 4) is 0 Å². The highest BCUT2D eigenvalue weighted by Crippen LogP contribution is 2.01. The van der Waals surface area contributed by atoms with E-state index < -0.39 is 6.04 Å². The quantitative estimate of drug-likeness (QED) is 0.671. The predicted molar refractivity (Wildman–Crippen MR) is 63.8 cm³/mol. The molecule has 0 saturated heterocycles. The third-order valence-corrected chi connectivity index (χ3v) is 2.33. The maximum Gasteiger partial charge on any atom is 0.239 e. The van der Waals surface area contributed by atoms with E-state index in [2.05, 4.69) is 5.32 Å². The lowest BCUT2D eigenvalue weighted by molar-refractivity contribution is -0.136. The molecule has 5 heteroatoms. The molecule has 0 aliphatic rings. The molecule has 0 aromatic heterocycles. The minimum absolute atomic E-state index is 0.0687. The molecule has 1 atom stereocenters. The number of carbonyl (C=O) groups excluding carboxylic acids is 2. The smallest absolute Gasteiger partial charge is 0.239 e. The Kier molecular flexibility index (Phi) is 6.72. The van der Waals surface area contributed by atoms with E-state index in [9.17, 15) is 9.59 Å². The molecule has 0 spiro atoms. The van der Waals surface area contributed by atoms with E-state index in [1.165, 1.54) is 4.90 Å². The van der Waals surface area contributed by atoms with Crippen molar-refractivity contribution in [3.63, 3.8) is 0 Å². The van der Waals surface area contributed by atoms with Gasteiger partial charge in [0.25, 0.3) is 0 Å². The van der Waals surface area contributed by atoms with Crippen LogP contribution in [0.2, 0.25) is 0 Å². The first kappa shape index (κ1) is 14.9. The molecule has 0 bridgehead atoms. The molecular formula is C11H23N3O2. The summed E-state index contributed by atoms with van der Waals surface area (Å²) in [4.78, 5) is 24.4. The van der Waals surface area contributed by atoms with Crippen LogP contribution in [0.1, 0.15) is 27.2 Å². The van der Waals surface area contributed by atoms with Gasteiger partial charge in [-0.05, 0) is 12.3 Å². The summed E-state index contributed by atoms with van der Waals surface area (Å²) >= 11 is 0. The van der Waals surface area contributed by atoms with E-state index in [1.807, 2.05) is 20.8 Å². The molecule has 2 amide bonds. The van der Waals surface area contributed by atoms with Crippen molar-refractivity contribution < 1.29 is 9.59 Å². The zero-order valence-electron chi connectivity index (χ0n) is 10.6. The first-order valence-electron chi connectivity index (χ1n) is 5.67. The highest BCUT2D eigenvalue weighted by Gasteiger charge is 2.22. The lowest BCUT2D eigenvalue weighted by Gasteiger charge is -2.22. The molecule has 16 heavy (non-hydrogen) atoms. The van der Waals surface area contributed by atoms with Crippen LogP contribution >= 0.6 is 0 Å². The second-order valence-electron chi connectivity index (χ2n) is 4.31. The lowest BCUT2D eigenvalue weighted by Crippen LogP contribution is -2.48. The Labute approximate surface area is 97.4 Å². The van der Waals surface area contributed by atoms with Gasteiger partial charge in [-0.3, -0.25) is 9.59 Å². The topological polar surface area (TPSA) is 75.4 Å². The van der Waals surface area contributed by atoms with Crippen LogP contribution in [0.3, 0.4) is 0 Å². The monoisotopic (exact) mass is 229 g/mol. The summed E-state index contributed by atoms with van der Waals surface area (Å²) in [7, 11) is 1.59. The molecule has 0 aliphatic heterocycles. The van der Waals surface area contributed by atoms with Gasteiger partial charge in [0, 0.05) is 13.6 Å². The Hall–Kier alpha value is -1.10. The molecule has 5 nitrogen and oxygen atoms in total. The zero-order chi connectivity index (χ0) is 12.7. The van der Waals surface area contributed by atoms with Gasteiger partial charge >= 0.3 is 0 Å². The highest BCUT2D eigenvalue weighted by molar-refractivity contribution is 5.87. The van der Waals surface area contributed by atoms with Crippen LogP contribution in [0.5, 0.6) is 0 Å². The molecule has 0 heterocycles. The van der Waals surface area contributed by atoms with Crippen LogP contribution < -0.4 is 11.1 Å². The number of hydrogen-bond donors (Lipinski definition) is 2. The van der Waals surface area contributed by atoms with Crippen LogP contribution in [0.4, 0.5) is 0 Å². The number of rotatable bonds is 6. The number of amides is 2. The van der Waals surface area contributed by atoms with Crippen molar-refractivity contribution in [1.29, 1.82) is 0 Å². The van der Waals surface area contributed by atoms with Gasteiger partial charge in [0.2, 0.25) is 11.8 Å². The fraction of sp³-hybridized carbons (Fsp3) is 0.818. The van der Waals surface area contributed by atoms with E-state index in [-0.39, 0.29) is 24.3 Å². The Balaban J connectivity index is 4.09. The minimum Gasteiger partial charge on any atom is -0.355 e. The molecule has 0 rings (SSSR count). The molecule has 3 N–H and O–H groups in total. The third-order valence-electron chi connectivity index (χ3n) is 2.33. The van der Waals surface area contributed by atoms with E-state index >= 15 is 0 Å². The number of nitrogens with one attached hydrogen (secondary N) is 1. The molecule has 1 unspecified atom stereocenters. The van der Waals surface area contributed by atoms with E-state index in [4.69, 9.17) is 5.73 Å². The fourth-order valence-electron chi connectivity index (χ4n) is 1.15. The summed E-state index contributed by atoms with van der Waals surface area (Å²) in [5.41, 5.74) is 5.71. The van der Waals surface area contributed by atoms with Gasteiger partial charge < -0.3 is 16.0 Å². The summed E-state index contributed by atoms with van der Waals surface area (Å²) in [6, 6.07) is -0.538. The lowest BCUT2D eigenvalue weighted by atomic mass is 10.0. The Bertz CT molecular complexity index is 241. The molecule has 0 aromatic rings. The average molecular weight is 229 g/mol. The van der Waals surface area contributed by atoms with Crippen LogP contribution in [0.15, 0.2) is 0 Å². The first-order chi connectivity index (χ1) is 7.40. The van der Waals surface area contributed by atoms with Gasteiger partial charge in [-0.2, -0.15) is 0 Å². The number of nitrogens with zero attached hydrogens (tertiary/aromatic N) is 1. The van der Waals surface area contributed by atoms with Gasteiger partial charge in [0.15, 0.2) is 0 Å². The second kappa shape index (κ2) is 7.22. The maximum absolute atomic E-state index is 11.7. The average Bonchev–Trinajstić information content (AvgIpc) is 2.23. The van der Waals surface area contributed by atoms with Gasteiger partial charge in [-0.25, -0.2) is 0 Å². The van der Waals surface area contributed by atoms with Crippen molar-refractivity contribution in [3.05, 3.63) is 0 Å². The van der Waals surface area contributed by atoms with Crippen molar-refractivity contribution in [2.75, 3.05) is 20.1 Å². The predicted octanol–water partition coefficient (Wildman–Crippen LogP) is -0.0457. The van der Waals surface area contributed by atoms with Gasteiger partial charge in [0.05, 0.1) is 12.6 Å². The molecular weight excluding hydrogens is 206 g/mol. The number of hydrogen-bond acceptors (Lipinski definition) is 3. The Morgan fingerprint density at radius 2 is 1.94 bits per heavy atom. The van der Waals surface area contributed by atoms with Crippen LogP contribution in [0, 0.1) is 5.92 Å². The number of carbonyl (C=O) groups is 2. The zero-order valence-corrected chi connectivity index (χ0v) is 10.6. The van der Waals surface area contributed by atoms with Crippen molar-refractivity contribution in [2.45, 2.75) is 33.2 Å². The largest absolute Gasteiger partial charge is 0.355 e. The van der Waals surface area contributed by atoms with E-state index in [1.54, 1.807) is 7.05 Å². The summed E-state index contributed by atoms with van der Waals surface area (Å²) < 4.78 is 0. The molecule has 0 saturated carbocycles. The van der Waals surface area contributed by atoms with Gasteiger partial charge in [0.1, 0.15) is 0 Å². The molecule has 0 aliphatic carbocycles. The van der Waals surface area contributed by atoms with Crippen molar-refractivity contribution >= 4 is 11.8 Å². The van der Waals surface area contributed by atoms with E-state index in [0.717, 1.165) is 6.42 Å². The van der Waals surface area contributed by atoms with Crippen LogP contribution in [-0.4, -0.2) is 42.9 Å². The van der Waals surface area contributed by atoms with Crippen LogP contribution in [0.25, 0.3) is 0 Å². The normalized spacial score (nSPS) is 12.4. The Morgan fingerprint density at radius 3 is 2.38 bits per heavy atom. The minimum atomic E-state index is -0.538. The maximum atomic E-state index is 11.7. The SMILES string of the molecule is CCCNC(=O)CN(C)C(=O)C(N)C(C)C. The standard InChI is InChI=1S/C11H23N3O2/c1-5-6-13-9(15)7-14(4)11(16)10(12)8(2)3/h8,10H,5-7,12H2,1-4H3,(H,13,15). The number of nitrogens with two attached hydrogens (primary N) is 1. The van der Waals surface area contributed by atoms with Gasteiger partial charge in [-0.15, -0.1) is 0 Å². The summed E-state index contributed by atoms with van der Waals surface area (Å²) in [5, 5.41) is 2.71. The van der Waals surface area contributed by atoms with E-state index in [0.29, 0.717) is 6.54 Å². The molecule has 0 aromatic carbocycles.